The van der Waals surface area contributed by atoms with Crippen molar-refractivity contribution >= 4 is 23.5 Å². The SMILES string of the molecule is C[C@@H]1CC[C@@H]2C(=O)N(c3cccc(C(=O)Oc4ccc(C(C)(C)C)cc4)c3)C(=O)[C@H]2C1. The van der Waals surface area contributed by atoms with Crippen LogP contribution in [0.25, 0.3) is 0 Å². The fourth-order valence-corrected chi connectivity index (χ4v) is 4.61. The van der Waals surface area contributed by atoms with Crippen LogP contribution in [0.5, 0.6) is 5.75 Å². The molecule has 2 amide bonds. The van der Waals surface area contributed by atoms with Crippen molar-refractivity contribution in [3.63, 3.8) is 0 Å². The normalized spacial score (nSPS) is 23.6. The van der Waals surface area contributed by atoms with Crippen molar-refractivity contribution in [1.82, 2.24) is 0 Å². The smallest absolute Gasteiger partial charge is 0.343 e. The number of rotatable bonds is 3. The lowest BCUT2D eigenvalue weighted by Crippen LogP contribution is -2.31. The maximum Gasteiger partial charge on any atom is 0.343 e. The van der Waals surface area contributed by atoms with Gasteiger partial charge in [-0.1, -0.05) is 45.9 Å². The number of imide groups is 1. The molecule has 3 atom stereocenters. The fraction of sp³-hybridized carbons (Fsp3) is 0.423. The van der Waals surface area contributed by atoms with E-state index in [0.717, 1.165) is 24.8 Å². The molecule has 1 saturated carbocycles. The van der Waals surface area contributed by atoms with Crippen LogP contribution in [0.3, 0.4) is 0 Å². The van der Waals surface area contributed by atoms with Crippen molar-refractivity contribution in [2.45, 2.75) is 52.4 Å². The molecule has 0 aromatic heterocycles. The van der Waals surface area contributed by atoms with E-state index in [9.17, 15) is 14.4 Å². The minimum absolute atomic E-state index is 0.0145. The molecule has 2 aromatic carbocycles. The van der Waals surface area contributed by atoms with Crippen molar-refractivity contribution in [3.05, 3.63) is 59.7 Å². The molecule has 1 aliphatic carbocycles. The number of esters is 1. The first-order valence-electron chi connectivity index (χ1n) is 11.0. The van der Waals surface area contributed by atoms with Crippen LogP contribution in [0.1, 0.15) is 62.9 Å². The zero-order valence-corrected chi connectivity index (χ0v) is 18.6. The number of amides is 2. The molecule has 2 fully saturated rings. The van der Waals surface area contributed by atoms with E-state index in [1.165, 1.54) is 4.90 Å². The summed E-state index contributed by atoms with van der Waals surface area (Å²) in [5.41, 5.74) is 1.91. The summed E-state index contributed by atoms with van der Waals surface area (Å²) in [5.74, 6) is -0.389. The number of fused-ring (bicyclic) bond motifs is 1. The van der Waals surface area contributed by atoms with Crippen LogP contribution in [0.15, 0.2) is 48.5 Å². The van der Waals surface area contributed by atoms with Gasteiger partial charge in [0.1, 0.15) is 5.75 Å². The highest BCUT2D eigenvalue weighted by Gasteiger charge is 2.50. The number of benzene rings is 2. The molecule has 1 saturated heterocycles. The Bertz CT molecular complexity index is 1020. The van der Waals surface area contributed by atoms with Gasteiger partial charge >= 0.3 is 5.97 Å². The quantitative estimate of drug-likeness (QED) is 0.393. The first-order chi connectivity index (χ1) is 14.6. The van der Waals surface area contributed by atoms with Crippen molar-refractivity contribution < 1.29 is 19.1 Å². The topological polar surface area (TPSA) is 63.7 Å². The van der Waals surface area contributed by atoms with Crippen LogP contribution < -0.4 is 9.64 Å². The van der Waals surface area contributed by atoms with E-state index >= 15 is 0 Å². The van der Waals surface area contributed by atoms with Gasteiger partial charge in [0.25, 0.3) is 0 Å². The molecule has 0 spiro atoms. The molecule has 0 radical (unpaired) electrons. The highest BCUT2D eigenvalue weighted by atomic mass is 16.5. The summed E-state index contributed by atoms with van der Waals surface area (Å²) in [7, 11) is 0. The summed E-state index contributed by atoms with van der Waals surface area (Å²) in [4.78, 5) is 39.9. The second-order valence-electron chi connectivity index (χ2n) is 9.86. The van der Waals surface area contributed by atoms with Crippen LogP contribution in [-0.4, -0.2) is 17.8 Å². The van der Waals surface area contributed by atoms with Gasteiger partial charge in [0.05, 0.1) is 23.1 Å². The molecular weight excluding hydrogens is 390 g/mol. The van der Waals surface area contributed by atoms with Gasteiger partial charge in [-0.3, -0.25) is 14.5 Å². The zero-order chi connectivity index (χ0) is 22.3. The summed E-state index contributed by atoms with van der Waals surface area (Å²) in [6, 6.07) is 14.0. The summed E-state index contributed by atoms with van der Waals surface area (Å²) in [5, 5.41) is 0. The Morgan fingerprint density at radius 1 is 0.968 bits per heavy atom. The van der Waals surface area contributed by atoms with Gasteiger partial charge in [-0.15, -0.1) is 0 Å². The predicted molar refractivity (Wildman–Crippen MR) is 119 cm³/mol. The molecule has 162 valence electrons. The molecule has 31 heavy (non-hydrogen) atoms. The molecule has 1 aliphatic heterocycles. The first-order valence-corrected chi connectivity index (χ1v) is 11.0. The molecule has 1 heterocycles. The molecule has 5 heteroatoms. The molecular formula is C26H29NO4. The Labute approximate surface area is 183 Å². The third-order valence-electron chi connectivity index (χ3n) is 6.46. The molecule has 4 rings (SSSR count). The molecule has 0 bridgehead atoms. The van der Waals surface area contributed by atoms with E-state index in [2.05, 4.69) is 27.7 Å². The predicted octanol–water partition coefficient (Wildman–Crippen LogP) is 5.13. The maximum absolute atomic E-state index is 13.0. The van der Waals surface area contributed by atoms with Crippen molar-refractivity contribution in [2.75, 3.05) is 4.90 Å². The standard InChI is InChI=1S/C26H29NO4/c1-16-8-13-21-22(14-16)24(29)27(23(21)28)19-7-5-6-17(15-19)25(30)31-20-11-9-18(10-12-20)26(2,3)4/h5-7,9-12,15-16,21-22H,8,13-14H2,1-4H3/t16-,21+,22+/m1/s1. The number of anilines is 1. The Morgan fingerprint density at radius 2 is 1.65 bits per heavy atom. The Morgan fingerprint density at radius 3 is 2.32 bits per heavy atom. The summed E-state index contributed by atoms with van der Waals surface area (Å²) in [6.07, 6.45) is 2.46. The Hall–Kier alpha value is -2.95. The summed E-state index contributed by atoms with van der Waals surface area (Å²) < 4.78 is 5.52. The molecule has 0 unspecified atom stereocenters. The minimum Gasteiger partial charge on any atom is -0.423 e. The largest absolute Gasteiger partial charge is 0.423 e. The number of nitrogens with zero attached hydrogens (tertiary/aromatic N) is 1. The van der Waals surface area contributed by atoms with Gasteiger partial charge in [0, 0.05) is 0 Å². The van der Waals surface area contributed by atoms with Gasteiger partial charge in [0.2, 0.25) is 11.8 Å². The van der Waals surface area contributed by atoms with E-state index in [4.69, 9.17) is 4.74 Å². The lowest BCUT2D eigenvalue weighted by atomic mass is 9.76. The summed E-state index contributed by atoms with van der Waals surface area (Å²) in [6.45, 7) is 8.49. The third-order valence-corrected chi connectivity index (χ3v) is 6.46. The fourth-order valence-electron chi connectivity index (χ4n) is 4.61. The van der Waals surface area contributed by atoms with E-state index in [-0.39, 0.29) is 29.1 Å². The second-order valence-corrected chi connectivity index (χ2v) is 9.86. The van der Waals surface area contributed by atoms with Crippen LogP contribution in [0, 0.1) is 17.8 Å². The highest BCUT2D eigenvalue weighted by molar-refractivity contribution is 6.22. The van der Waals surface area contributed by atoms with Crippen molar-refractivity contribution in [2.24, 2.45) is 17.8 Å². The highest BCUT2D eigenvalue weighted by Crippen LogP contribution is 2.42. The molecule has 2 aliphatic rings. The van der Waals surface area contributed by atoms with Crippen LogP contribution in [0.2, 0.25) is 0 Å². The number of carbonyl (C=O) groups excluding carboxylic acids is 3. The van der Waals surface area contributed by atoms with Crippen LogP contribution in [-0.2, 0) is 15.0 Å². The van der Waals surface area contributed by atoms with Gasteiger partial charge < -0.3 is 4.74 Å². The third kappa shape index (κ3) is 4.14. The number of carbonyl (C=O) groups is 3. The Kier molecular flexibility index (Phi) is 5.46. The lowest BCUT2D eigenvalue weighted by molar-refractivity contribution is -0.122. The average Bonchev–Trinajstić information content (AvgIpc) is 2.97. The van der Waals surface area contributed by atoms with Gasteiger partial charge in [0.15, 0.2) is 0 Å². The molecule has 0 N–H and O–H groups in total. The second kappa shape index (κ2) is 7.95. The minimum atomic E-state index is -0.518. The Balaban J connectivity index is 1.52. The van der Waals surface area contributed by atoms with E-state index in [1.54, 1.807) is 36.4 Å². The van der Waals surface area contributed by atoms with E-state index in [0.29, 0.717) is 22.9 Å². The van der Waals surface area contributed by atoms with Crippen LogP contribution >= 0.6 is 0 Å². The number of hydrogen-bond donors (Lipinski definition) is 0. The van der Waals surface area contributed by atoms with Crippen LogP contribution in [0.4, 0.5) is 5.69 Å². The zero-order valence-electron chi connectivity index (χ0n) is 18.6. The van der Waals surface area contributed by atoms with Gasteiger partial charge in [-0.25, -0.2) is 4.79 Å². The number of ether oxygens (including phenoxy) is 1. The van der Waals surface area contributed by atoms with E-state index in [1.807, 2.05) is 12.1 Å². The summed E-state index contributed by atoms with van der Waals surface area (Å²) >= 11 is 0. The van der Waals surface area contributed by atoms with Crippen molar-refractivity contribution in [1.29, 1.82) is 0 Å². The maximum atomic E-state index is 13.0. The van der Waals surface area contributed by atoms with Gasteiger partial charge in [-0.05, 0) is 66.5 Å². The van der Waals surface area contributed by atoms with Crippen molar-refractivity contribution in [3.8, 4) is 5.75 Å². The first kappa shape index (κ1) is 21.3. The molecule has 5 nitrogen and oxygen atoms in total. The molecule has 2 aromatic rings. The lowest BCUT2D eigenvalue weighted by Gasteiger charge is -2.25. The van der Waals surface area contributed by atoms with E-state index < -0.39 is 5.97 Å². The monoisotopic (exact) mass is 419 g/mol. The number of hydrogen-bond acceptors (Lipinski definition) is 4. The van der Waals surface area contributed by atoms with Gasteiger partial charge in [-0.2, -0.15) is 0 Å². The average molecular weight is 420 g/mol.